The molecule has 0 unspecified atom stereocenters. The van der Waals surface area contributed by atoms with Crippen LogP contribution in [0.1, 0.15) is 63.1 Å². The highest BCUT2D eigenvalue weighted by Crippen LogP contribution is 2.53. The fourth-order valence-electron chi connectivity index (χ4n) is 5.33. The fraction of sp³-hybridized carbons (Fsp3) is 0.364. The normalized spacial score (nSPS) is 17.0. The van der Waals surface area contributed by atoms with Gasteiger partial charge in [0.15, 0.2) is 0 Å². The first-order chi connectivity index (χ1) is 18.2. The molecule has 5 heteroatoms. The molecular weight excluding hydrogens is 489 g/mol. The van der Waals surface area contributed by atoms with Crippen molar-refractivity contribution >= 4 is 24.8 Å². The first-order valence-corrected chi connectivity index (χ1v) is 16.0. The predicted molar refractivity (Wildman–Crippen MR) is 159 cm³/mol. The minimum absolute atomic E-state index is 0.112. The molecule has 1 fully saturated rings. The van der Waals surface area contributed by atoms with E-state index in [1.165, 1.54) is 12.0 Å². The third kappa shape index (κ3) is 6.30. The summed E-state index contributed by atoms with van der Waals surface area (Å²) in [5.74, 6) is 0.680. The van der Waals surface area contributed by atoms with Gasteiger partial charge in [-0.3, -0.25) is 4.79 Å². The van der Waals surface area contributed by atoms with E-state index >= 15 is 0 Å². The standard InChI is InChI=1S/C33H38NO3P/c1-33(2,3)29-12-9-25(10-13-29)26-11-16-31-28(21-26)22-27(17-18-37-31)32(35)34-30-14-7-24(8-15-30)23-38(36)19-5-4-6-20-38/h7-16,21-22H,4-6,17-20,23H2,1-3H3,(H,34,35). The molecule has 3 aromatic rings. The molecule has 2 heterocycles. The Hall–Kier alpha value is -3.10. The Labute approximate surface area is 226 Å². The smallest absolute Gasteiger partial charge is 0.251 e. The number of carbonyl (C=O) groups excluding carboxylic acids is 1. The van der Waals surface area contributed by atoms with Crippen molar-refractivity contribution in [1.82, 2.24) is 0 Å². The summed E-state index contributed by atoms with van der Waals surface area (Å²) in [5.41, 5.74) is 7.09. The molecule has 0 radical (unpaired) electrons. The summed E-state index contributed by atoms with van der Waals surface area (Å²) in [7, 11) is -2.08. The van der Waals surface area contributed by atoms with E-state index in [1.807, 2.05) is 36.4 Å². The summed E-state index contributed by atoms with van der Waals surface area (Å²) < 4.78 is 19.1. The lowest BCUT2D eigenvalue weighted by Gasteiger charge is -2.22. The van der Waals surface area contributed by atoms with Gasteiger partial charge in [-0.1, -0.05) is 69.7 Å². The number of anilines is 1. The van der Waals surface area contributed by atoms with Gasteiger partial charge in [-0.2, -0.15) is 0 Å². The molecule has 1 N–H and O–H groups in total. The first-order valence-electron chi connectivity index (χ1n) is 13.7. The molecule has 38 heavy (non-hydrogen) atoms. The number of amides is 1. The molecule has 0 bridgehead atoms. The van der Waals surface area contributed by atoms with Crippen LogP contribution in [0.3, 0.4) is 0 Å². The van der Waals surface area contributed by atoms with Crippen molar-refractivity contribution in [3.63, 3.8) is 0 Å². The third-order valence-corrected chi connectivity index (χ3v) is 10.9. The van der Waals surface area contributed by atoms with Crippen LogP contribution in [0.4, 0.5) is 5.69 Å². The summed E-state index contributed by atoms with van der Waals surface area (Å²) in [6, 6.07) is 22.7. The predicted octanol–water partition coefficient (Wildman–Crippen LogP) is 8.50. The number of benzene rings is 3. The van der Waals surface area contributed by atoms with Gasteiger partial charge in [0.1, 0.15) is 5.75 Å². The number of hydrogen-bond acceptors (Lipinski definition) is 3. The summed E-state index contributed by atoms with van der Waals surface area (Å²) in [6.45, 7) is 7.11. The van der Waals surface area contributed by atoms with Crippen molar-refractivity contribution in [2.24, 2.45) is 0 Å². The molecule has 198 valence electrons. The average Bonchev–Trinajstić information content (AvgIpc) is 3.12. The lowest BCUT2D eigenvalue weighted by atomic mass is 9.86. The molecule has 1 amide bonds. The second-order valence-corrected chi connectivity index (χ2v) is 15.1. The Bertz CT molecular complexity index is 1370. The number of fused-ring (bicyclic) bond motifs is 1. The minimum Gasteiger partial charge on any atom is -0.493 e. The van der Waals surface area contributed by atoms with Gasteiger partial charge in [-0.25, -0.2) is 0 Å². The lowest BCUT2D eigenvalue weighted by molar-refractivity contribution is -0.113. The summed E-state index contributed by atoms with van der Waals surface area (Å²) in [5, 5.41) is 3.05. The molecule has 0 saturated carbocycles. The molecule has 1 saturated heterocycles. The Kier molecular flexibility index (Phi) is 7.63. The van der Waals surface area contributed by atoms with E-state index in [0.29, 0.717) is 24.8 Å². The number of nitrogens with one attached hydrogen (secondary N) is 1. The van der Waals surface area contributed by atoms with Crippen LogP contribution in [0.5, 0.6) is 5.75 Å². The average molecular weight is 528 g/mol. The Morgan fingerprint density at radius 1 is 0.895 bits per heavy atom. The zero-order chi connectivity index (χ0) is 26.8. The largest absolute Gasteiger partial charge is 0.493 e. The third-order valence-electron chi connectivity index (χ3n) is 7.66. The van der Waals surface area contributed by atoms with Gasteiger partial charge in [-0.15, -0.1) is 0 Å². The highest BCUT2D eigenvalue weighted by molar-refractivity contribution is 7.63. The van der Waals surface area contributed by atoms with Crippen molar-refractivity contribution in [2.75, 3.05) is 24.2 Å². The molecule has 4 nitrogen and oxygen atoms in total. The van der Waals surface area contributed by atoms with E-state index < -0.39 is 7.14 Å². The van der Waals surface area contributed by atoms with Crippen LogP contribution in [-0.2, 0) is 20.9 Å². The van der Waals surface area contributed by atoms with Gasteiger partial charge < -0.3 is 14.6 Å². The zero-order valence-electron chi connectivity index (χ0n) is 22.8. The van der Waals surface area contributed by atoms with Crippen molar-refractivity contribution < 1.29 is 14.1 Å². The maximum absolute atomic E-state index is 13.2. The summed E-state index contributed by atoms with van der Waals surface area (Å²) >= 11 is 0. The number of carbonyl (C=O) groups is 1. The monoisotopic (exact) mass is 527 g/mol. The van der Waals surface area contributed by atoms with E-state index in [4.69, 9.17) is 4.74 Å². The van der Waals surface area contributed by atoms with Crippen LogP contribution in [0.25, 0.3) is 17.2 Å². The van der Waals surface area contributed by atoms with Crippen LogP contribution in [0, 0.1) is 0 Å². The van der Waals surface area contributed by atoms with Gasteiger partial charge in [-0.05, 0) is 70.9 Å². The van der Waals surface area contributed by atoms with E-state index in [-0.39, 0.29) is 11.3 Å². The number of ether oxygens (including phenoxy) is 1. The second kappa shape index (κ2) is 10.9. The SMILES string of the molecule is CC(C)(C)c1ccc(-c2ccc3c(c2)C=C(C(=O)Nc2ccc(CP4(=O)CCCCC4)cc2)CCO3)cc1. The second-order valence-electron chi connectivity index (χ2n) is 11.7. The highest BCUT2D eigenvalue weighted by atomic mass is 31.2. The van der Waals surface area contributed by atoms with Gasteiger partial charge in [0.05, 0.1) is 13.7 Å². The summed E-state index contributed by atoms with van der Waals surface area (Å²) in [4.78, 5) is 13.2. The van der Waals surface area contributed by atoms with E-state index in [1.54, 1.807) is 0 Å². The Morgan fingerprint density at radius 3 is 2.26 bits per heavy atom. The highest BCUT2D eigenvalue weighted by Gasteiger charge is 2.25. The zero-order valence-corrected chi connectivity index (χ0v) is 23.7. The van der Waals surface area contributed by atoms with Crippen LogP contribution < -0.4 is 10.1 Å². The Morgan fingerprint density at radius 2 is 1.58 bits per heavy atom. The van der Waals surface area contributed by atoms with Crippen molar-refractivity contribution in [2.45, 2.75) is 58.0 Å². The molecule has 5 rings (SSSR count). The van der Waals surface area contributed by atoms with Crippen LogP contribution in [0.2, 0.25) is 0 Å². The Balaban J connectivity index is 1.30. The van der Waals surface area contributed by atoms with E-state index in [2.05, 4.69) is 62.5 Å². The molecular formula is C33H38NO3P. The van der Waals surface area contributed by atoms with E-state index in [9.17, 15) is 9.36 Å². The van der Waals surface area contributed by atoms with Crippen molar-refractivity contribution in [3.05, 3.63) is 89.0 Å². The molecule has 0 aliphatic carbocycles. The molecule has 2 aliphatic heterocycles. The molecule has 0 atom stereocenters. The van der Waals surface area contributed by atoms with Crippen molar-refractivity contribution in [1.29, 1.82) is 0 Å². The maximum atomic E-state index is 13.2. The minimum atomic E-state index is -2.08. The molecule has 0 spiro atoms. The first kappa shape index (κ1) is 26.5. The van der Waals surface area contributed by atoms with Gasteiger partial charge in [0, 0.05) is 41.7 Å². The fourth-order valence-corrected chi connectivity index (χ4v) is 8.35. The quantitative estimate of drug-likeness (QED) is 0.339. The molecule has 3 aromatic carbocycles. The van der Waals surface area contributed by atoms with Crippen molar-refractivity contribution in [3.8, 4) is 16.9 Å². The molecule has 0 aromatic heterocycles. The van der Waals surface area contributed by atoms with Crippen LogP contribution in [-0.4, -0.2) is 24.8 Å². The number of rotatable bonds is 5. The maximum Gasteiger partial charge on any atom is 0.251 e. The lowest BCUT2D eigenvalue weighted by Crippen LogP contribution is -2.15. The number of hydrogen-bond donors (Lipinski definition) is 1. The van der Waals surface area contributed by atoms with Gasteiger partial charge in [0.25, 0.3) is 5.91 Å². The van der Waals surface area contributed by atoms with Crippen LogP contribution >= 0.6 is 7.14 Å². The van der Waals surface area contributed by atoms with Crippen LogP contribution in [0.15, 0.2) is 72.3 Å². The topological polar surface area (TPSA) is 55.4 Å². The molecule has 2 aliphatic rings. The van der Waals surface area contributed by atoms with Gasteiger partial charge in [0.2, 0.25) is 0 Å². The van der Waals surface area contributed by atoms with E-state index in [0.717, 1.165) is 58.9 Å². The summed E-state index contributed by atoms with van der Waals surface area (Å²) in [6.07, 6.45) is 8.26. The van der Waals surface area contributed by atoms with Gasteiger partial charge >= 0.3 is 0 Å².